The molecule has 0 bridgehead atoms. The van der Waals surface area contributed by atoms with E-state index < -0.39 is 9.52 Å². The molecule has 0 saturated carbocycles. The number of benzene rings is 2. The number of rotatable bonds is 5. The van der Waals surface area contributed by atoms with Crippen LogP contribution >= 0.6 is 11.6 Å². The highest BCUT2D eigenvalue weighted by atomic mass is 35.5. The summed E-state index contributed by atoms with van der Waals surface area (Å²) in [4.78, 5) is 13.3. The molecule has 2 aromatic rings. The van der Waals surface area contributed by atoms with Gasteiger partial charge in [-0.3, -0.25) is 9.00 Å². The Kier molecular flexibility index (Phi) is 4.88. The molecular formula is C19H18ClNO3S. The minimum Gasteiger partial charge on any atom is -0.493 e. The van der Waals surface area contributed by atoms with Crippen molar-refractivity contribution in [1.82, 2.24) is 0 Å². The highest BCUT2D eigenvalue weighted by molar-refractivity contribution is 8.03. The summed E-state index contributed by atoms with van der Waals surface area (Å²) >= 11 is 6.02. The SMILES string of the molecule is C=S1(=O)C=Cc2ccc(NC(=O)c3cc(Cl)ccc3OCCC)cc21. The molecule has 3 rings (SSSR count). The van der Waals surface area contributed by atoms with E-state index in [2.05, 4.69) is 11.2 Å². The highest BCUT2D eigenvalue weighted by Gasteiger charge is 2.18. The number of anilines is 1. The van der Waals surface area contributed by atoms with E-state index in [1.54, 1.807) is 41.8 Å². The van der Waals surface area contributed by atoms with Gasteiger partial charge in [-0.05, 0) is 59.7 Å². The summed E-state index contributed by atoms with van der Waals surface area (Å²) in [7, 11) is -2.43. The van der Waals surface area contributed by atoms with Crippen molar-refractivity contribution < 1.29 is 13.7 Å². The van der Waals surface area contributed by atoms with E-state index in [-0.39, 0.29) is 5.91 Å². The van der Waals surface area contributed by atoms with Gasteiger partial charge in [-0.25, -0.2) is 0 Å². The first-order valence-electron chi connectivity index (χ1n) is 7.84. The molecule has 130 valence electrons. The maximum atomic E-state index is 12.7. The number of ether oxygens (including phenoxy) is 1. The first-order valence-corrected chi connectivity index (χ1v) is 10.0. The molecule has 1 atom stereocenters. The molecule has 1 amide bonds. The topological polar surface area (TPSA) is 55.4 Å². The van der Waals surface area contributed by atoms with Crippen molar-refractivity contribution in [1.29, 1.82) is 0 Å². The van der Waals surface area contributed by atoms with Crippen LogP contribution in [0.4, 0.5) is 5.69 Å². The lowest BCUT2D eigenvalue weighted by atomic mass is 10.1. The van der Waals surface area contributed by atoms with Crippen LogP contribution in [0, 0.1) is 0 Å². The summed E-state index contributed by atoms with van der Waals surface area (Å²) < 4.78 is 18.0. The lowest BCUT2D eigenvalue weighted by Gasteiger charge is -2.12. The third-order valence-corrected chi connectivity index (χ3v) is 5.67. The average molecular weight is 376 g/mol. The Morgan fingerprint density at radius 3 is 2.84 bits per heavy atom. The third-order valence-electron chi connectivity index (χ3n) is 3.76. The van der Waals surface area contributed by atoms with Gasteiger partial charge in [0.15, 0.2) is 0 Å². The summed E-state index contributed by atoms with van der Waals surface area (Å²) in [6.45, 7) is 2.50. The number of fused-ring (bicyclic) bond motifs is 1. The second kappa shape index (κ2) is 6.94. The van der Waals surface area contributed by atoms with Crippen LogP contribution in [0.25, 0.3) is 6.08 Å². The van der Waals surface area contributed by atoms with E-state index in [0.29, 0.717) is 33.5 Å². The summed E-state index contributed by atoms with van der Waals surface area (Å²) in [5.41, 5.74) is 1.76. The van der Waals surface area contributed by atoms with Crippen LogP contribution in [-0.4, -0.2) is 22.6 Å². The first-order chi connectivity index (χ1) is 11.9. The second-order valence-corrected chi connectivity index (χ2v) is 8.33. The number of hydrogen-bond acceptors (Lipinski definition) is 3. The lowest BCUT2D eigenvalue weighted by molar-refractivity contribution is 0.102. The van der Waals surface area contributed by atoms with Crippen LogP contribution in [0.3, 0.4) is 0 Å². The monoisotopic (exact) mass is 375 g/mol. The Morgan fingerprint density at radius 1 is 1.28 bits per heavy atom. The predicted octanol–water partition coefficient (Wildman–Crippen LogP) is 4.44. The van der Waals surface area contributed by atoms with Crippen molar-refractivity contribution in [2.24, 2.45) is 0 Å². The molecule has 0 saturated heterocycles. The minimum absolute atomic E-state index is 0.338. The number of amides is 1. The van der Waals surface area contributed by atoms with Crippen LogP contribution < -0.4 is 10.1 Å². The van der Waals surface area contributed by atoms with Gasteiger partial charge in [0, 0.05) is 25.1 Å². The van der Waals surface area contributed by atoms with Crippen molar-refractivity contribution in [3.63, 3.8) is 0 Å². The van der Waals surface area contributed by atoms with E-state index in [9.17, 15) is 9.00 Å². The van der Waals surface area contributed by atoms with Crippen molar-refractivity contribution in [2.45, 2.75) is 18.2 Å². The maximum Gasteiger partial charge on any atom is 0.259 e. The fourth-order valence-corrected chi connectivity index (χ4v) is 4.07. The number of carbonyl (C=O) groups excluding carboxylic acids is 1. The van der Waals surface area contributed by atoms with E-state index in [1.807, 2.05) is 13.0 Å². The van der Waals surface area contributed by atoms with Gasteiger partial charge in [-0.2, -0.15) is 0 Å². The van der Waals surface area contributed by atoms with Gasteiger partial charge in [-0.1, -0.05) is 24.6 Å². The molecule has 1 unspecified atom stereocenters. The molecule has 1 N–H and O–H groups in total. The molecule has 1 heterocycles. The van der Waals surface area contributed by atoms with Gasteiger partial charge >= 0.3 is 0 Å². The molecule has 25 heavy (non-hydrogen) atoms. The fraction of sp³-hybridized carbons (Fsp3) is 0.158. The quantitative estimate of drug-likeness (QED) is 0.786. The largest absolute Gasteiger partial charge is 0.493 e. The van der Waals surface area contributed by atoms with Crippen LogP contribution in [0.2, 0.25) is 5.02 Å². The zero-order valence-electron chi connectivity index (χ0n) is 13.8. The third kappa shape index (κ3) is 3.72. The van der Waals surface area contributed by atoms with Crippen molar-refractivity contribution >= 4 is 44.7 Å². The lowest BCUT2D eigenvalue weighted by Crippen LogP contribution is -2.14. The molecule has 0 fully saturated rings. The van der Waals surface area contributed by atoms with Crippen molar-refractivity contribution in [3.05, 3.63) is 58.0 Å². The standard InChI is InChI=1S/C19H18ClNO3S/c1-3-9-24-17-7-5-14(20)11-16(17)19(22)21-15-6-4-13-8-10-25(2,23)18(13)12-15/h4-8,10-12H,2-3,9H2,1H3,(H,21,22). The fourth-order valence-electron chi connectivity index (χ4n) is 2.52. The molecular weight excluding hydrogens is 358 g/mol. The van der Waals surface area contributed by atoms with E-state index >= 15 is 0 Å². The zero-order chi connectivity index (χ0) is 18.0. The summed E-state index contributed by atoms with van der Waals surface area (Å²) in [6.07, 6.45) is 2.61. The Labute approximate surface area is 152 Å². The van der Waals surface area contributed by atoms with E-state index in [0.717, 1.165) is 12.0 Å². The number of halogens is 1. The van der Waals surface area contributed by atoms with Crippen LogP contribution in [-0.2, 0) is 9.52 Å². The molecule has 0 radical (unpaired) electrons. The summed E-state index contributed by atoms with van der Waals surface area (Å²) in [5, 5.41) is 4.86. The number of carbonyl (C=O) groups is 1. The van der Waals surface area contributed by atoms with E-state index in [1.165, 1.54) is 0 Å². The number of nitrogens with one attached hydrogen (secondary N) is 1. The van der Waals surface area contributed by atoms with Gasteiger partial charge in [0.25, 0.3) is 5.91 Å². The van der Waals surface area contributed by atoms with E-state index in [4.69, 9.17) is 16.3 Å². The average Bonchev–Trinajstić information content (AvgIpc) is 2.88. The van der Waals surface area contributed by atoms with Gasteiger partial charge < -0.3 is 10.1 Å². The first kappa shape index (κ1) is 17.6. The Balaban J connectivity index is 1.88. The van der Waals surface area contributed by atoms with Gasteiger partial charge in [-0.15, -0.1) is 0 Å². The second-order valence-electron chi connectivity index (χ2n) is 5.72. The van der Waals surface area contributed by atoms with Gasteiger partial charge in [0.2, 0.25) is 0 Å². The van der Waals surface area contributed by atoms with Crippen LogP contribution in [0.5, 0.6) is 5.75 Å². The highest BCUT2D eigenvalue weighted by Crippen LogP contribution is 2.30. The van der Waals surface area contributed by atoms with Gasteiger partial charge in [0.05, 0.1) is 12.2 Å². The van der Waals surface area contributed by atoms with Crippen molar-refractivity contribution in [3.8, 4) is 5.75 Å². The summed E-state index contributed by atoms with van der Waals surface area (Å²) in [6, 6.07) is 10.2. The smallest absolute Gasteiger partial charge is 0.259 e. The van der Waals surface area contributed by atoms with Gasteiger partial charge in [0.1, 0.15) is 5.75 Å². The molecule has 0 aromatic heterocycles. The minimum atomic E-state index is -2.43. The molecule has 1 aliphatic rings. The van der Waals surface area contributed by atoms with Crippen LogP contribution in [0.1, 0.15) is 29.3 Å². The Hall–Kier alpha value is -2.24. The Bertz CT molecular complexity index is 965. The normalized spacial score (nSPS) is 18.0. The molecule has 6 heteroatoms. The Morgan fingerprint density at radius 2 is 2.08 bits per heavy atom. The molecule has 4 nitrogen and oxygen atoms in total. The number of hydrogen-bond donors (Lipinski definition) is 1. The molecule has 0 spiro atoms. The maximum absolute atomic E-state index is 12.7. The van der Waals surface area contributed by atoms with Crippen LogP contribution in [0.15, 0.2) is 46.7 Å². The predicted molar refractivity (Wildman–Crippen MR) is 104 cm³/mol. The summed E-state index contributed by atoms with van der Waals surface area (Å²) in [5.74, 6) is 3.88. The van der Waals surface area contributed by atoms with Crippen molar-refractivity contribution in [2.75, 3.05) is 11.9 Å². The molecule has 0 aliphatic carbocycles. The molecule has 1 aliphatic heterocycles. The molecule has 2 aromatic carbocycles. The zero-order valence-corrected chi connectivity index (χ0v) is 15.3.